The number of likely N-dealkylation sites (tertiary alicyclic amines) is 1. The molecular weight excluding hydrogens is 258 g/mol. The summed E-state index contributed by atoms with van der Waals surface area (Å²) in [5.74, 6) is 0.258. The molecule has 0 unspecified atom stereocenters. The van der Waals surface area contributed by atoms with E-state index in [-0.39, 0.29) is 24.7 Å². The highest BCUT2D eigenvalue weighted by Gasteiger charge is 2.37. The van der Waals surface area contributed by atoms with Crippen molar-refractivity contribution < 1.29 is 19.1 Å². The van der Waals surface area contributed by atoms with Gasteiger partial charge in [-0.3, -0.25) is 0 Å². The molecule has 18 heavy (non-hydrogen) atoms. The van der Waals surface area contributed by atoms with Crippen LogP contribution in [0.25, 0.3) is 0 Å². The van der Waals surface area contributed by atoms with E-state index in [0.717, 1.165) is 6.42 Å². The fourth-order valence-electron chi connectivity index (χ4n) is 1.96. The highest BCUT2D eigenvalue weighted by molar-refractivity contribution is 6.61. The van der Waals surface area contributed by atoms with Gasteiger partial charge in [0.2, 0.25) is 0 Å². The molecular formula is C12H20ClNO4. The molecule has 5 nitrogen and oxygen atoms in total. The van der Waals surface area contributed by atoms with E-state index < -0.39 is 11.0 Å². The Balaban J connectivity index is 2.62. The lowest BCUT2D eigenvalue weighted by atomic mass is 10.0. The first-order valence-corrected chi connectivity index (χ1v) is 6.40. The molecule has 1 fully saturated rings. The maximum absolute atomic E-state index is 12.0. The molecule has 0 spiro atoms. The van der Waals surface area contributed by atoms with Crippen molar-refractivity contribution in [3.05, 3.63) is 0 Å². The van der Waals surface area contributed by atoms with Crippen LogP contribution in [-0.4, -0.2) is 41.2 Å². The van der Waals surface area contributed by atoms with E-state index in [1.54, 1.807) is 4.90 Å². The molecule has 0 radical (unpaired) electrons. The molecule has 0 aliphatic carbocycles. The van der Waals surface area contributed by atoms with Crippen molar-refractivity contribution in [2.24, 2.45) is 5.92 Å². The number of rotatable bonds is 2. The number of halogens is 1. The molecule has 1 amide bonds. The standard InChI is InChI=1S/C12H20ClNO4/c1-8-5-6-14(9(8)7-17-10(13)15)11(16)18-12(2,3)4/h8-9H,5-7H2,1-4H3/t8-,9-/m0/s1. The Morgan fingerprint density at radius 3 is 2.50 bits per heavy atom. The molecule has 0 aromatic rings. The van der Waals surface area contributed by atoms with E-state index in [0.29, 0.717) is 6.54 Å². The summed E-state index contributed by atoms with van der Waals surface area (Å²) >= 11 is 5.14. The van der Waals surface area contributed by atoms with Gasteiger partial charge in [0.25, 0.3) is 0 Å². The van der Waals surface area contributed by atoms with Gasteiger partial charge < -0.3 is 14.4 Å². The van der Waals surface area contributed by atoms with Gasteiger partial charge in [-0.2, -0.15) is 0 Å². The van der Waals surface area contributed by atoms with Gasteiger partial charge in [0, 0.05) is 18.1 Å². The first-order valence-electron chi connectivity index (χ1n) is 6.02. The van der Waals surface area contributed by atoms with Gasteiger partial charge in [-0.1, -0.05) is 6.92 Å². The maximum Gasteiger partial charge on any atom is 0.410 e. The van der Waals surface area contributed by atoms with Crippen LogP contribution in [0.4, 0.5) is 9.59 Å². The zero-order chi connectivity index (χ0) is 13.9. The van der Waals surface area contributed by atoms with Crippen molar-refractivity contribution in [2.45, 2.75) is 45.8 Å². The third-order valence-corrected chi connectivity index (χ3v) is 2.99. The summed E-state index contributed by atoms with van der Waals surface area (Å²) in [6, 6.07) is -0.164. The highest BCUT2D eigenvalue weighted by atomic mass is 35.5. The Morgan fingerprint density at radius 1 is 1.39 bits per heavy atom. The van der Waals surface area contributed by atoms with Gasteiger partial charge in [0.05, 0.1) is 6.04 Å². The van der Waals surface area contributed by atoms with Crippen molar-refractivity contribution in [1.82, 2.24) is 4.90 Å². The van der Waals surface area contributed by atoms with Crippen LogP contribution < -0.4 is 0 Å². The van der Waals surface area contributed by atoms with E-state index in [1.165, 1.54) is 0 Å². The largest absolute Gasteiger partial charge is 0.451 e. The topological polar surface area (TPSA) is 55.8 Å². The second-order valence-corrected chi connectivity index (χ2v) is 5.86. The fourth-order valence-corrected chi connectivity index (χ4v) is 2.02. The number of amides is 1. The van der Waals surface area contributed by atoms with E-state index in [2.05, 4.69) is 0 Å². The van der Waals surface area contributed by atoms with Crippen LogP contribution in [0, 0.1) is 5.92 Å². The third kappa shape index (κ3) is 4.37. The number of hydrogen-bond acceptors (Lipinski definition) is 4. The fraction of sp³-hybridized carbons (Fsp3) is 0.833. The van der Waals surface area contributed by atoms with Crippen molar-refractivity contribution in [3.8, 4) is 0 Å². The summed E-state index contributed by atoms with van der Waals surface area (Å²) in [5, 5.41) is 0. The van der Waals surface area contributed by atoms with Gasteiger partial charge in [-0.05, 0) is 33.1 Å². The summed E-state index contributed by atoms with van der Waals surface area (Å²) in [6.07, 6.45) is 0.492. The molecule has 0 aromatic carbocycles. The quantitative estimate of drug-likeness (QED) is 0.728. The third-order valence-electron chi connectivity index (χ3n) is 2.88. The van der Waals surface area contributed by atoms with E-state index in [4.69, 9.17) is 21.1 Å². The first-order chi connectivity index (χ1) is 8.20. The monoisotopic (exact) mass is 277 g/mol. The molecule has 1 aliphatic heterocycles. The molecule has 0 bridgehead atoms. The molecule has 1 heterocycles. The second kappa shape index (κ2) is 5.78. The molecule has 2 atom stereocenters. The summed E-state index contributed by atoms with van der Waals surface area (Å²) in [6.45, 7) is 8.19. The van der Waals surface area contributed by atoms with E-state index in [1.807, 2.05) is 27.7 Å². The first kappa shape index (κ1) is 15.1. The normalized spacial score (nSPS) is 23.9. The Morgan fingerprint density at radius 2 is 2.00 bits per heavy atom. The minimum absolute atomic E-state index is 0.114. The highest BCUT2D eigenvalue weighted by Crippen LogP contribution is 2.26. The molecule has 1 aliphatic rings. The molecule has 0 N–H and O–H groups in total. The van der Waals surface area contributed by atoms with Crippen molar-refractivity contribution in [1.29, 1.82) is 0 Å². The van der Waals surface area contributed by atoms with Crippen LogP contribution in [0.5, 0.6) is 0 Å². The Hall–Kier alpha value is -0.970. The van der Waals surface area contributed by atoms with Gasteiger partial charge >= 0.3 is 11.5 Å². The lowest BCUT2D eigenvalue weighted by molar-refractivity contribution is 0.0144. The Labute approximate surface area is 112 Å². The predicted molar refractivity (Wildman–Crippen MR) is 67.7 cm³/mol. The van der Waals surface area contributed by atoms with Crippen LogP contribution in [0.2, 0.25) is 0 Å². The zero-order valence-corrected chi connectivity index (χ0v) is 12.0. The Bertz CT molecular complexity index is 327. The zero-order valence-electron chi connectivity index (χ0n) is 11.2. The van der Waals surface area contributed by atoms with Crippen LogP contribution in [0.15, 0.2) is 0 Å². The molecule has 1 saturated heterocycles. The maximum atomic E-state index is 12.0. The summed E-state index contributed by atoms with van der Waals surface area (Å²) in [5.41, 5.74) is -1.38. The minimum Gasteiger partial charge on any atom is -0.451 e. The SMILES string of the molecule is C[C@H]1CCN(C(=O)OC(C)(C)C)[C@H]1COC(=O)Cl. The van der Waals surface area contributed by atoms with Crippen LogP contribution in [-0.2, 0) is 9.47 Å². The van der Waals surface area contributed by atoms with Gasteiger partial charge in [0.1, 0.15) is 12.2 Å². The van der Waals surface area contributed by atoms with Gasteiger partial charge in [-0.15, -0.1) is 0 Å². The van der Waals surface area contributed by atoms with E-state index >= 15 is 0 Å². The van der Waals surface area contributed by atoms with Gasteiger partial charge in [0.15, 0.2) is 0 Å². The van der Waals surface area contributed by atoms with Crippen molar-refractivity contribution in [3.63, 3.8) is 0 Å². The second-order valence-electron chi connectivity index (χ2n) is 5.56. The predicted octanol–water partition coefficient (Wildman–Crippen LogP) is 3.01. The molecule has 1 rings (SSSR count). The van der Waals surface area contributed by atoms with Crippen LogP contribution >= 0.6 is 11.6 Å². The number of nitrogens with zero attached hydrogens (tertiary/aromatic N) is 1. The average molecular weight is 278 g/mol. The number of carbonyl (C=O) groups excluding carboxylic acids is 2. The van der Waals surface area contributed by atoms with Crippen LogP contribution in [0.3, 0.4) is 0 Å². The number of hydrogen-bond donors (Lipinski definition) is 0. The molecule has 104 valence electrons. The lowest BCUT2D eigenvalue weighted by Gasteiger charge is -2.29. The average Bonchev–Trinajstić information content (AvgIpc) is 2.54. The van der Waals surface area contributed by atoms with Gasteiger partial charge in [-0.25, -0.2) is 9.59 Å². The summed E-state index contributed by atoms with van der Waals surface area (Å²) in [7, 11) is 0. The Kier molecular flexibility index (Phi) is 4.85. The van der Waals surface area contributed by atoms with Crippen LogP contribution in [0.1, 0.15) is 34.1 Å². The molecule has 6 heteroatoms. The summed E-state index contributed by atoms with van der Waals surface area (Å²) < 4.78 is 10.1. The summed E-state index contributed by atoms with van der Waals surface area (Å²) in [4.78, 5) is 24.2. The van der Waals surface area contributed by atoms with Crippen molar-refractivity contribution in [2.75, 3.05) is 13.2 Å². The number of ether oxygens (including phenoxy) is 2. The van der Waals surface area contributed by atoms with E-state index in [9.17, 15) is 9.59 Å². The molecule has 0 aromatic heterocycles. The smallest absolute Gasteiger partial charge is 0.410 e. The molecule has 0 saturated carbocycles. The lowest BCUT2D eigenvalue weighted by Crippen LogP contribution is -2.43. The minimum atomic E-state index is -0.849. The van der Waals surface area contributed by atoms with Crippen molar-refractivity contribution >= 4 is 23.1 Å². The number of carbonyl (C=O) groups is 2.